The van der Waals surface area contributed by atoms with E-state index in [-0.39, 0.29) is 11.6 Å². The molecular formula is C36H38N2O5. The highest BCUT2D eigenvalue weighted by molar-refractivity contribution is 6.12. The van der Waals surface area contributed by atoms with E-state index in [9.17, 15) is 14.4 Å². The Morgan fingerprint density at radius 1 is 0.767 bits per heavy atom. The number of rotatable bonds is 16. The van der Waals surface area contributed by atoms with E-state index in [1.54, 1.807) is 30.3 Å². The fourth-order valence-electron chi connectivity index (χ4n) is 4.76. The molecule has 4 rings (SSSR count). The van der Waals surface area contributed by atoms with E-state index in [1.807, 2.05) is 79.7 Å². The van der Waals surface area contributed by atoms with Crippen molar-refractivity contribution in [3.63, 3.8) is 0 Å². The van der Waals surface area contributed by atoms with Crippen molar-refractivity contribution in [3.05, 3.63) is 125 Å². The van der Waals surface area contributed by atoms with Crippen LogP contribution in [0.2, 0.25) is 0 Å². The highest BCUT2D eigenvalue weighted by Gasteiger charge is 2.22. The van der Waals surface area contributed by atoms with Crippen molar-refractivity contribution in [2.75, 3.05) is 30.9 Å². The first-order chi connectivity index (χ1) is 21.0. The molecule has 43 heavy (non-hydrogen) atoms. The second kappa shape index (κ2) is 15.9. The topological polar surface area (TPSA) is 93.7 Å². The number of para-hydroxylation sites is 2. The Labute approximate surface area is 253 Å². The minimum atomic E-state index is -0.695. The number of carbonyl (C=O) groups is 3. The Hall–Kier alpha value is -4.91. The lowest BCUT2D eigenvalue weighted by molar-refractivity contribution is -0.141. The second-order valence-corrected chi connectivity index (χ2v) is 10.2. The summed E-state index contributed by atoms with van der Waals surface area (Å²) < 4.78 is 11.0. The van der Waals surface area contributed by atoms with Gasteiger partial charge in [-0.2, -0.15) is 0 Å². The zero-order chi connectivity index (χ0) is 30.4. The number of hydrogen-bond acceptors (Lipinski definition) is 7. The fraction of sp³-hybridized carbons (Fsp3) is 0.250. The van der Waals surface area contributed by atoms with Gasteiger partial charge in [0.15, 0.2) is 11.6 Å². The Kier molecular flexibility index (Phi) is 11.5. The molecule has 7 heteroatoms. The van der Waals surface area contributed by atoms with Gasteiger partial charge in [-0.05, 0) is 54.8 Å². The Morgan fingerprint density at radius 3 is 2.12 bits per heavy atom. The maximum absolute atomic E-state index is 13.2. The van der Waals surface area contributed by atoms with Crippen molar-refractivity contribution < 1.29 is 23.9 Å². The van der Waals surface area contributed by atoms with E-state index in [4.69, 9.17) is 9.47 Å². The van der Waals surface area contributed by atoms with Crippen LogP contribution in [0.25, 0.3) is 0 Å². The summed E-state index contributed by atoms with van der Waals surface area (Å²) in [6.45, 7) is 3.19. The van der Waals surface area contributed by atoms with Gasteiger partial charge in [0.2, 0.25) is 0 Å². The van der Waals surface area contributed by atoms with Gasteiger partial charge in [0.05, 0.1) is 13.7 Å². The first kappa shape index (κ1) is 31.0. The standard InChI is InChI=1S/C36H38N2O5/c1-3-12-34(39)29-15-7-9-17-31(29)37-23-11-24-43-28-21-19-26(20-22-28)25-33(36(41)42-2)38-32-18-10-8-16-30(32)35(40)27-13-5-4-6-14-27/h4-10,13-22,33,37-38H,3,11-12,23-25H2,1-2H3. The third-order valence-corrected chi connectivity index (χ3v) is 7.00. The molecule has 4 aromatic rings. The number of esters is 1. The lowest BCUT2D eigenvalue weighted by atomic mass is 10.00. The molecule has 0 heterocycles. The van der Waals surface area contributed by atoms with E-state index >= 15 is 0 Å². The fourth-order valence-corrected chi connectivity index (χ4v) is 4.76. The molecule has 0 aliphatic rings. The molecular weight excluding hydrogens is 540 g/mol. The predicted octanol–water partition coefficient (Wildman–Crippen LogP) is 6.98. The minimum Gasteiger partial charge on any atom is -0.494 e. The molecule has 0 fully saturated rings. The van der Waals surface area contributed by atoms with Gasteiger partial charge < -0.3 is 20.1 Å². The molecule has 0 amide bonds. The Balaban J connectivity index is 1.32. The number of ketones is 2. The van der Waals surface area contributed by atoms with Gasteiger partial charge in [-0.15, -0.1) is 0 Å². The number of methoxy groups -OCH3 is 1. The molecule has 0 saturated carbocycles. The molecule has 0 aliphatic heterocycles. The highest BCUT2D eigenvalue weighted by Crippen LogP contribution is 2.23. The second-order valence-electron chi connectivity index (χ2n) is 10.2. The highest BCUT2D eigenvalue weighted by atomic mass is 16.5. The number of carbonyl (C=O) groups excluding carboxylic acids is 3. The summed E-state index contributed by atoms with van der Waals surface area (Å²) in [5.74, 6) is 0.325. The first-order valence-electron chi connectivity index (χ1n) is 14.6. The molecule has 0 bridgehead atoms. The summed E-state index contributed by atoms with van der Waals surface area (Å²) in [6.07, 6.45) is 2.48. The van der Waals surface area contributed by atoms with Crippen LogP contribution in [-0.4, -0.2) is 43.8 Å². The van der Waals surface area contributed by atoms with Crippen LogP contribution in [0.4, 0.5) is 11.4 Å². The van der Waals surface area contributed by atoms with Gasteiger partial charge in [-0.3, -0.25) is 9.59 Å². The number of hydrogen-bond donors (Lipinski definition) is 2. The zero-order valence-electron chi connectivity index (χ0n) is 24.7. The number of anilines is 2. The molecule has 0 aromatic heterocycles. The molecule has 4 aromatic carbocycles. The largest absolute Gasteiger partial charge is 0.494 e. The minimum absolute atomic E-state index is 0.127. The van der Waals surface area contributed by atoms with Crippen LogP contribution in [0.15, 0.2) is 103 Å². The van der Waals surface area contributed by atoms with Crippen molar-refractivity contribution in [3.8, 4) is 5.75 Å². The summed E-state index contributed by atoms with van der Waals surface area (Å²) in [6, 6.07) is 30.7. The maximum Gasteiger partial charge on any atom is 0.328 e. The summed E-state index contributed by atoms with van der Waals surface area (Å²) in [5.41, 5.74) is 4.12. The van der Waals surface area contributed by atoms with E-state index in [0.29, 0.717) is 42.8 Å². The van der Waals surface area contributed by atoms with Gasteiger partial charge in [-0.1, -0.05) is 73.7 Å². The van der Waals surface area contributed by atoms with Crippen LogP contribution in [0.3, 0.4) is 0 Å². The van der Waals surface area contributed by atoms with Crippen LogP contribution >= 0.6 is 0 Å². The predicted molar refractivity (Wildman–Crippen MR) is 170 cm³/mol. The van der Waals surface area contributed by atoms with Gasteiger partial charge >= 0.3 is 5.97 Å². The third-order valence-electron chi connectivity index (χ3n) is 7.00. The lowest BCUT2D eigenvalue weighted by Crippen LogP contribution is -2.33. The monoisotopic (exact) mass is 578 g/mol. The van der Waals surface area contributed by atoms with E-state index < -0.39 is 12.0 Å². The van der Waals surface area contributed by atoms with Crippen LogP contribution in [0, 0.1) is 0 Å². The van der Waals surface area contributed by atoms with Gasteiger partial charge in [0.1, 0.15) is 11.8 Å². The lowest BCUT2D eigenvalue weighted by Gasteiger charge is -2.20. The third kappa shape index (κ3) is 8.79. The van der Waals surface area contributed by atoms with Gasteiger partial charge in [0.25, 0.3) is 0 Å². The molecule has 0 radical (unpaired) electrons. The molecule has 1 unspecified atom stereocenters. The molecule has 0 aliphatic carbocycles. The summed E-state index contributed by atoms with van der Waals surface area (Å²) in [7, 11) is 1.35. The Bertz CT molecular complexity index is 1500. The molecule has 0 spiro atoms. The number of benzene rings is 4. The van der Waals surface area contributed by atoms with Crippen molar-refractivity contribution >= 4 is 28.9 Å². The van der Waals surface area contributed by atoms with Crippen LogP contribution in [0.1, 0.15) is 58.0 Å². The van der Waals surface area contributed by atoms with Crippen molar-refractivity contribution in [2.24, 2.45) is 0 Å². The molecule has 0 saturated heterocycles. The average Bonchev–Trinajstić information content (AvgIpc) is 3.05. The summed E-state index contributed by atoms with van der Waals surface area (Å²) in [5, 5.41) is 6.59. The molecule has 2 N–H and O–H groups in total. The first-order valence-corrected chi connectivity index (χ1v) is 14.6. The quantitative estimate of drug-likeness (QED) is 0.0842. The van der Waals surface area contributed by atoms with E-state index in [0.717, 1.165) is 35.4 Å². The maximum atomic E-state index is 13.2. The number of nitrogens with one attached hydrogen (secondary N) is 2. The van der Waals surface area contributed by atoms with Crippen LogP contribution in [-0.2, 0) is 16.0 Å². The number of Topliss-reactive ketones (excluding diaryl/α,β-unsaturated/α-hetero) is 1. The normalized spacial score (nSPS) is 11.3. The van der Waals surface area contributed by atoms with E-state index in [2.05, 4.69) is 10.6 Å². The summed E-state index contributed by atoms with van der Waals surface area (Å²) in [4.78, 5) is 38.2. The number of ether oxygens (including phenoxy) is 2. The average molecular weight is 579 g/mol. The van der Waals surface area contributed by atoms with Gasteiger partial charge in [0, 0.05) is 47.5 Å². The SMILES string of the molecule is CCCC(=O)c1ccccc1NCCCOc1ccc(CC(Nc2ccccc2C(=O)c2ccccc2)C(=O)OC)cc1. The van der Waals surface area contributed by atoms with Crippen LogP contribution in [0.5, 0.6) is 5.75 Å². The van der Waals surface area contributed by atoms with Crippen molar-refractivity contribution in [1.29, 1.82) is 0 Å². The summed E-state index contributed by atoms with van der Waals surface area (Å²) >= 11 is 0. The van der Waals surface area contributed by atoms with Crippen molar-refractivity contribution in [1.82, 2.24) is 0 Å². The smallest absolute Gasteiger partial charge is 0.328 e. The van der Waals surface area contributed by atoms with Crippen LogP contribution < -0.4 is 15.4 Å². The molecule has 1 atom stereocenters. The Morgan fingerprint density at radius 2 is 1.42 bits per heavy atom. The van der Waals surface area contributed by atoms with Gasteiger partial charge in [-0.25, -0.2) is 4.79 Å². The van der Waals surface area contributed by atoms with E-state index in [1.165, 1.54) is 7.11 Å². The molecule has 7 nitrogen and oxygen atoms in total. The zero-order valence-corrected chi connectivity index (χ0v) is 24.7. The molecule has 222 valence electrons. The van der Waals surface area contributed by atoms with Crippen molar-refractivity contribution in [2.45, 2.75) is 38.6 Å².